The fraction of sp³-hybridized carbons (Fsp3) is 0.600. The largest absolute Gasteiger partial charge is 0.375 e. The summed E-state index contributed by atoms with van der Waals surface area (Å²) < 4.78 is 10.8. The first-order chi connectivity index (χ1) is 6.66. The Morgan fingerprint density at radius 3 is 2.57 bits per heavy atom. The van der Waals surface area contributed by atoms with E-state index in [2.05, 4.69) is 0 Å². The maximum absolute atomic E-state index is 6.42. The predicted octanol–water partition coefficient (Wildman–Crippen LogP) is 2.46. The van der Waals surface area contributed by atoms with E-state index in [0.29, 0.717) is 26.2 Å². The van der Waals surface area contributed by atoms with Gasteiger partial charge in [0, 0.05) is 0 Å². The summed E-state index contributed by atoms with van der Waals surface area (Å²) in [5.74, 6) is 0. The van der Waals surface area contributed by atoms with Crippen LogP contribution in [0.15, 0.2) is 24.3 Å². The Hall–Kier alpha value is -0.0200. The summed E-state index contributed by atoms with van der Waals surface area (Å²) >= 11 is 12.8. The van der Waals surface area contributed by atoms with E-state index in [0.717, 1.165) is 0 Å². The molecule has 1 aliphatic heterocycles. The van der Waals surface area contributed by atoms with Gasteiger partial charge in [-0.2, -0.15) is 0 Å². The molecule has 0 N–H and O–H groups in total. The quantitative estimate of drug-likeness (QED) is 0.650. The summed E-state index contributed by atoms with van der Waals surface area (Å²) in [5, 5.41) is -0.936. The lowest BCUT2D eigenvalue weighted by molar-refractivity contribution is -0.123. The SMILES string of the molecule is ClC1(C2(Cl)COCCO2)C=CC=CC1. The highest BCUT2D eigenvalue weighted by molar-refractivity contribution is 6.35. The van der Waals surface area contributed by atoms with E-state index in [1.54, 1.807) is 0 Å². The lowest BCUT2D eigenvalue weighted by atomic mass is 9.93. The minimum atomic E-state index is -0.936. The minimum Gasteiger partial charge on any atom is -0.375 e. The van der Waals surface area contributed by atoms with Crippen LogP contribution in [0.2, 0.25) is 0 Å². The molecular formula is C10H12Cl2O2. The van der Waals surface area contributed by atoms with E-state index >= 15 is 0 Å². The van der Waals surface area contributed by atoms with Crippen molar-refractivity contribution in [2.24, 2.45) is 0 Å². The van der Waals surface area contributed by atoms with E-state index in [-0.39, 0.29) is 0 Å². The maximum atomic E-state index is 6.42. The van der Waals surface area contributed by atoms with Crippen molar-refractivity contribution in [2.45, 2.75) is 16.4 Å². The molecule has 1 aliphatic carbocycles. The van der Waals surface area contributed by atoms with Crippen LogP contribution in [0, 0.1) is 0 Å². The van der Waals surface area contributed by atoms with Crippen LogP contribution >= 0.6 is 23.2 Å². The molecule has 0 aromatic rings. The Labute approximate surface area is 93.5 Å². The van der Waals surface area contributed by atoms with Gasteiger partial charge in [0.05, 0.1) is 19.8 Å². The predicted molar refractivity (Wildman–Crippen MR) is 56.8 cm³/mol. The molecule has 0 spiro atoms. The molecule has 2 nitrogen and oxygen atoms in total. The normalized spacial score (nSPS) is 42.7. The number of allylic oxidation sites excluding steroid dienone is 3. The van der Waals surface area contributed by atoms with Crippen molar-refractivity contribution >= 4 is 23.2 Å². The molecule has 2 rings (SSSR count). The van der Waals surface area contributed by atoms with Crippen LogP contribution in [0.1, 0.15) is 6.42 Å². The molecule has 4 heteroatoms. The topological polar surface area (TPSA) is 18.5 Å². The fourth-order valence-electron chi connectivity index (χ4n) is 1.62. The molecular weight excluding hydrogens is 223 g/mol. The van der Waals surface area contributed by atoms with Crippen molar-refractivity contribution in [3.05, 3.63) is 24.3 Å². The number of ether oxygens (including phenoxy) is 2. The van der Waals surface area contributed by atoms with Gasteiger partial charge in [0.15, 0.2) is 5.06 Å². The van der Waals surface area contributed by atoms with E-state index in [4.69, 9.17) is 32.7 Å². The van der Waals surface area contributed by atoms with E-state index in [9.17, 15) is 0 Å². The first kappa shape index (κ1) is 10.5. The molecule has 2 unspecified atom stereocenters. The summed E-state index contributed by atoms with van der Waals surface area (Å²) in [6.07, 6.45) is 8.35. The van der Waals surface area contributed by atoms with Gasteiger partial charge < -0.3 is 9.47 Å². The van der Waals surface area contributed by atoms with E-state index in [1.807, 2.05) is 24.3 Å². The van der Waals surface area contributed by atoms with Gasteiger partial charge in [-0.25, -0.2) is 0 Å². The van der Waals surface area contributed by atoms with Crippen LogP contribution in [0.5, 0.6) is 0 Å². The summed E-state index contributed by atoms with van der Waals surface area (Å²) in [6, 6.07) is 0. The van der Waals surface area contributed by atoms with Crippen LogP contribution < -0.4 is 0 Å². The Kier molecular flexibility index (Phi) is 2.89. The monoisotopic (exact) mass is 234 g/mol. The zero-order valence-electron chi connectivity index (χ0n) is 7.71. The smallest absolute Gasteiger partial charge is 0.187 e. The second-order valence-electron chi connectivity index (χ2n) is 3.48. The second kappa shape index (κ2) is 3.86. The first-order valence-electron chi connectivity index (χ1n) is 4.60. The molecule has 1 fully saturated rings. The van der Waals surface area contributed by atoms with Crippen LogP contribution in [0.3, 0.4) is 0 Å². The Morgan fingerprint density at radius 1 is 1.14 bits per heavy atom. The van der Waals surface area contributed by atoms with Crippen LogP contribution in [0.25, 0.3) is 0 Å². The summed E-state index contributed by atoms with van der Waals surface area (Å²) in [5.41, 5.74) is 0. The van der Waals surface area contributed by atoms with Gasteiger partial charge in [0.2, 0.25) is 0 Å². The number of halogens is 2. The zero-order valence-corrected chi connectivity index (χ0v) is 9.22. The van der Waals surface area contributed by atoms with Crippen molar-refractivity contribution in [2.75, 3.05) is 19.8 Å². The third kappa shape index (κ3) is 1.72. The molecule has 78 valence electrons. The van der Waals surface area contributed by atoms with Crippen molar-refractivity contribution < 1.29 is 9.47 Å². The molecule has 0 bridgehead atoms. The maximum Gasteiger partial charge on any atom is 0.187 e. The van der Waals surface area contributed by atoms with Crippen molar-refractivity contribution in [1.29, 1.82) is 0 Å². The minimum absolute atomic E-state index is 0.330. The molecule has 0 aromatic carbocycles. The lowest BCUT2D eigenvalue weighted by Crippen LogP contribution is -2.53. The summed E-state index contributed by atoms with van der Waals surface area (Å²) in [4.78, 5) is -0.691. The average molecular weight is 235 g/mol. The van der Waals surface area contributed by atoms with Gasteiger partial charge in [-0.3, -0.25) is 0 Å². The van der Waals surface area contributed by atoms with Gasteiger partial charge in [0.25, 0.3) is 0 Å². The fourth-order valence-corrected chi connectivity index (χ4v) is 2.18. The van der Waals surface area contributed by atoms with Gasteiger partial charge in [-0.05, 0) is 6.42 Å². The molecule has 1 heterocycles. The van der Waals surface area contributed by atoms with Gasteiger partial charge in [-0.1, -0.05) is 35.9 Å². The third-order valence-corrected chi connectivity index (χ3v) is 3.73. The Bertz CT molecular complexity index is 269. The standard InChI is InChI=1S/C10H12Cl2O2/c11-9(4-2-1-3-5-9)10(12)8-13-6-7-14-10/h1-4H,5-8H2. The Balaban J connectivity index is 2.18. The number of alkyl halides is 2. The van der Waals surface area contributed by atoms with Gasteiger partial charge in [-0.15, -0.1) is 11.6 Å². The highest BCUT2D eigenvalue weighted by Gasteiger charge is 2.50. The lowest BCUT2D eigenvalue weighted by Gasteiger charge is -2.42. The van der Waals surface area contributed by atoms with Crippen molar-refractivity contribution in [3.63, 3.8) is 0 Å². The number of rotatable bonds is 1. The summed E-state index contributed by atoms with van der Waals surface area (Å²) in [7, 11) is 0. The molecule has 0 radical (unpaired) electrons. The van der Waals surface area contributed by atoms with E-state index in [1.165, 1.54) is 0 Å². The first-order valence-corrected chi connectivity index (χ1v) is 5.36. The van der Waals surface area contributed by atoms with Crippen molar-refractivity contribution in [1.82, 2.24) is 0 Å². The molecule has 14 heavy (non-hydrogen) atoms. The third-order valence-electron chi connectivity index (χ3n) is 2.49. The highest BCUT2D eigenvalue weighted by atomic mass is 35.5. The van der Waals surface area contributed by atoms with Crippen LogP contribution in [-0.2, 0) is 9.47 Å². The summed E-state index contributed by atoms with van der Waals surface area (Å²) in [6.45, 7) is 1.41. The van der Waals surface area contributed by atoms with Gasteiger partial charge >= 0.3 is 0 Å². The van der Waals surface area contributed by atoms with Crippen LogP contribution in [0.4, 0.5) is 0 Å². The van der Waals surface area contributed by atoms with Gasteiger partial charge in [0.1, 0.15) is 4.87 Å². The molecule has 1 saturated heterocycles. The molecule has 0 saturated carbocycles. The average Bonchev–Trinajstić information content (AvgIpc) is 2.20. The molecule has 2 aliphatic rings. The zero-order chi connectivity index (χ0) is 10.1. The number of hydrogen-bond acceptors (Lipinski definition) is 2. The highest BCUT2D eigenvalue weighted by Crippen LogP contribution is 2.43. The van der Waals surface area contributed by atoms with E-state index < -0.39 is 9.93 Å². The Morgan fingerprint density at radius 2 is 2.00 bits per heavy atom. The molecule has 2 atom stereocenters. The number of hydrogen-bond donors (Lipinski definition) is 0. The van der Waals surface area contributed by atoms with Crippen molar-refractivity contribution in [3.8, 4) is 0 Å². The second-order valence-corrected chi connectivity index (χ2v) is 4.77. The van der Waals surface area contributed by atoms with Crippen LogP contribution in [-0.4, -0.2) is 29.8 Å². The molecule has 0 aromatic heterocycles. The molecule has 0 amide bonds.